The summed E-state index contributed by atoms with van der Waals surface area (Å²) in [5, 5.41) is 12.9. The highest BCUT2D eigenvalue weighted by molar-refractivity contribution is 6.30. The molecule has 0 saturated heterocycles. The topological polar surface area (TPSA) is 64.8 Å². The van der Waals surface area contributed by atoms with Gasteiger partial charge in [-0.1, -0.05) is 23.7 Å². The lowest BCUT2D eigenvalue weighted by Gasteiger charge is -2.25. The van der Waals surface area contributed by atoms with Gasteiger partial charge in [0.1, 0.15) is 6.07 Å². The lowest BCUT2D eigenvalue weighted by Crippen LogP contribution is -2.27. The molecule has 0 radical (unpaired) electrons. The van der Waals surface area contributed by atoms with E-state index in [2.05, 4.69) is 20.2 Å². The molecule has 21 heavy (non-hydrogen) atoms. The molecule has 1 aromatic heterocycles. The third-order valence-electron chi connectivity index (χ3n) is 3.15. The first-order chi connectivity index (χ1) is 10.1. The van der Waals surface area contributed by atoms with Crippen molar-refractivity contribution in [2.24, 2.45) is 0 Å². The van der Waals surface area contributed by atoms with Crippen LogP contribution >= 0.6 is 11.6 Å². The number of hydrogen-bond donors (Lipinski definition) is 1. The van der Waals surface area contributed by atoms with Crippen LogP contribution in [-0.2, 0) is 0 Å². The molecular weight excluding hydrogens is 286 g/mol. The van der Waals surface area contributed by atoms with Gasteiger partial charge in [0.15, 0.2) is 11.5 Å². The van der Waals surface area contributed by atoms with E-state index >= 15 is 0 Å². The van der Waals surface area contributed by atoms with Crippen LogP contribution in [0.15, 0.2) is 36.7 Å². The van der Waals surface area contributed by atoms with Gasteiger partial charge in [-0.3, -0.25) is 0 Å². The standard InChI is InChI=1S/C15H16ClN5/c1-21(2)14(11-3-5-12(16)6-4-11)10-20-15-13(9-17)18-7-8-19-15/h3-8,14H,10H2,1-2H3,(H,19,20)/t14-/m1/s1. The van der Waals surface area contributed by atoms with E-state index in [0.29, 0.717) is 23.1 Å². The Morgan fingerprint density at radius 1 is 1.24 bits per heavy atom. The number of nitrogens with one attached hydrogen (secondary N) is 1. The average Bonchev–Trinajstić information content (AvgIpc) is 2.49. The molecule has 1 heterocycles. The summed E-state index contributed by atoms with van der Waals surface area (Å²) >= 11 is 5.92. The molecular formula is C15H16ClN5. The third kappa shape index (κ3) is 3.91. The predicted octanol–water partition coefficient (Wildman–Crippen LogP) is 2.72. The molecule has 5 nitrogen and oxygen atoms in total. The van der Waals surface area contributed by atoms with Gasteiger partial charge in [0, 0.05) is 24.0 Å². The van der Waals surface area contributed by atoms with E-state index in [1.807, 2.05) is 44.4 Å². The Kier molecular flexibility index (Phi) is 5.09. The molecule has 0 fully saturated rings. The number of likely N-dealkylation sites (N-methyl/N-ethyl adjacent to an activating group) is 1. The molecule has 1 aromatic carbocycles. The minimum atomic E-state index is 0.135. The summed E-state index contributed by atoms with van der Waals surface area (Å²) < 4.78 is 0. The molecule has 0 bridgehead atoms. The maximum absolute atomic E-state index is 9.02. The SMILES string of the molecule is CN(C)[C@H](CNc1nccnc1C#N)c1ccc(Cl)cc1. The normalized spacial score (nSPS) is 12.0. The maximum atomic E-state index is 9.02. The van der Waals surface area contributed by atoms with Gasteiger partial charge < -0.3 is 10.2 Å². The van der Waals surface area contributed by atoms with Crippen LogP contribution in [0, 0.1) is 11.3 Å². The smallest absolute Gasteiger partial charge is 0.182 e. The van der Waals surface area contributed by atoms with E-state index in [9.17, 15) is 0 Å². The zero-order valence-electron chi connectivity index (χ0n) is 11.9. The molecule has 6 heteroatoms. The monoisotopic (exact) mass is 301 g/mol. The molecule has 108 valence electrons. The maximum Gasteiger partial charge on any atom is 0.182 e. The van der Waals surface area contributed by atoms with Crippen molar-refractivity contribution in [3.63, 3.8) is 0 Å². The number of benzene rings is 1. The number of nitriles is 1. The van der Waals surface area contributed by atoms with Crippen LogP contribution < -0.4 is 5.32 Å². The summed E-state index contributed by atoms with van der Waals surface area (Å²) in [6.07, 6.45) is 3.07. The summed E-state index contributed by atoms with van der Waals surface area (Å²) in [6, 6.07) is 9.90. The van der Waals surface area contributed by atoms with Crippen LogP contribution in [0.25, 0.3) is 0 Å². The van der Waals surface area contributed by atoms with Crippen LogP contribution in [0.3, 0.4) is 0 Å². The molecule has 0 aliphatic carbocycles. The summed E-state index contributed by atoms with van der Waals surface area (Å²) in [4.78, 5) is 10.2. The Morgan fingerprint density at radius 3 is 2.52 bits per heavy atom. The third-order valence-corrected chi connectivity index (χ3v) is 3.40. The summed E-state index contributed by atoms with van der Waals surface area (Å²) in [5.41, 5.74) is 1.44. The van der Waals surface area contributed by atoms with E-state index in [1.54, 1.807) is 6.20 Å². The minimum absolute atomic E-state index is 0.135. The second-order valence-electron chi connectivity index (χ2n) is 4.78. The van der Waals surface area contributed by atoms with E-state index in [1.165, 1.54) is 6.20 Å². The average molecular weight is 302 g/mol. The van der Waals surface area contributed by atoms with Crippen molar-refractivity contribution in [1.29, 1.82) is 5.26 Å². The van der Waals surface area contributed by atoms with E-state index in [-0.39, 0.29) is 6.04 Å². The van der Waals surface area contributed by atoms with Gasteiger partial charge in [-0.15, -0.1) is 0 Å². The van der Waals surface area contributed by atoms with Gasteiger partial charge in [-0.05, 0) is 31.8 Å². The fourth-order valence-corrected chi connectivity index (χ4v) is 2.15. The van der Waals surface area contributed by atoms with Crippen LogP contribution in [0.1, 0.15) is 17.3 Å². The first-order valence-corrected chi connectivity index (χ1v) is 6.86. The Labute approximate surface area is 129 Å². The van der Waals surface area contributed by atoms with Gasteiger partial charge in [0.05, 0.1) is 6.04 Å². The predicted molar refractivity (Wildman–Crippen MR) is 83.1 cm³/mol. The first kappa shape index (κ1) is 15.2. The molecule has 0 spiro atoms. The highest BCUT2D eigenvalue weighted by Gasteiger charge is 2.15. The molecule has 2 aromatic rings. The van der Waals surface area contributed by atoms with Crippen LogP contribution in [0.4, 0.5) is 5.82 Å². The Bertz CT molecular complexity index is 633. The highest BCUT2D eigenvalue weighted by atomic mass is 35.5. The van der Waals surface area contributed by atoms with Crippen LogP contribution in [0.2, 0.25) is 5.02 Å². The second-order valence-corrected chi connectivity index (χ2v) is 5.21. The quantitative estimate of drug-likeness (QED) is 0.920. The zero-order chi connectivity index (χ0) is 15.2. The largest absolute Gasteiger partial charge is 0.366 e. The van der Waals surface area contributed by atoms with Crippen LogP contribution in [-0.4, -0.2) is 35.5 Å². The van der Waals surface area contributed by atoms with E-state index in [0.717, 1.165) is 5.56 Å². The van der Waals surface area contributed by atoms with Crippen molar-refractivity contribution >= 4 is 17.4 Å². The lowest BCUT2D eigenvalue weighted by molar-refractivity contribution is 0.311. The molecule has 0 aliphatic rings. The van der Waals surface area contributed by atoms with Crippen LogP contribution in [0.5, 0.6) is 0 Å². The Morgan fingerprint density at radius 2 is 1.90 bits per heavy atom. The number of aromatic nitrogens is 2. The molecule has 1 N–H and O–H groups in total. The number of rotatable bonds is 5. The number of halogens is 1. The number of hydrogen-bond acceptors (Lipinski definition) is 5. The van der Waals surface area contributed by atoms with Crippen molar-refractivity contribution in [3.05, 3.63) is 52.9 Å². The molecule has 0 saturated carbocycles. The van der Waals surface area contributed by atoms with Gasteiger partial charge >= 0.3 is 0 Å². The summed E-state index contributed by atoms with van der Waals surface area (Å²) in [6.45, 7) is 0.613. The van der Waals surface area contributed by atoms with Gasteiger partial charge in [-0.2, -0.15) is 5.26 Å². The number of anilines is 1. The summed E-state index contributed by atoms with van der Waals surface area (Å²) in [5.74, 6) is 0.501. The fourth-order valence-electron chi connectivity index (χ4n) is 2.03. The summed E-state index contributed by atoms with van der Waals surface area (Å²) in [7, 11) is 4.01. The fraction of sp³-hybridized carbons (Fsp3) is 0.267. The molecule has 2 rings (SSSR count). The lowest BCUT2D eigenvalue weighted by atomic mass is 10.1. The molecule has 0 amide bonds. The zero-order valence-corrected chi connectivity index (χ0v) is 12.7. The van der Waals surface area contributed by atoms with E-state index in [4.69, 9.17) is 16.9 Å². The minimum Gasteiger partial charge on any atom is -0.366 e. The van der Waals surface area contributed by atoms with Crippen molar-refractivity contribution in [3.8, 4) is 6.07 Å². The van der Waals surface area contributed by atoms with Gasteiger partial charge in [0.25, 0.3) is 0 Å². The number of nitrogens with zero attached hydrogens (tertiary/aromatic N) is 4. The van der Waals surface area contributed by atoms with Crippen molar-refractivity contribution < 1.29 is 0 Å². The Hall–Kier alpha value is -2.16. The molecule has 0 aliphatic heterocycles. The van der Waals surface area contributed by atoms with Crippen molar-refractivity contribution in [2.75, 3.05) is 26.0 Å². The molecule has 1 atom stereocenters. The van der Waals surface area contributed by atoms with Gasteiger partial charge in [-0.25, -0.2) is 9.97 Å². The Balaban J connectivity index is 2.14. The first-order valence-electron chi connectivity index (χ1n) is 6.48. The van der Waals surface area contributed by atoms with Crippen molar-refractivity contribution in [2.45, 2.75) is 6.04 Å². The van der Waals surface area contributed by atoms with Crippen molar-refractivity contribution in [1.82, 2.24) is 14.9 Å². The second kappa shape index (κ2) is 7.02. The molecule has 0 unspecified atom stereocenters. The van der Waals surface area contributed by atoms with Gasteiger partial charge in [0.2, 0.25) is 0 Å². The highest BCUT2D eigenvalue weighted by Crippen LogP contribution is 2.21. The van der Waals surface area contributed by atoms with E-state index < -0.39 is 0 Å².